The molecule has 18 heavy (non-hydrogen) atoms. The molecule has 0 atom stereocenters. The minimum atomic E-state index is -0.268. The smallest absolute Gasteiger partial charge is 0.207 e. The molecule has 0 fully saturated rings. The van der Waals surface area contributed by atoms with Crippen molar-refractivity contribution in [1.82, 2.24) is 9.55 Å². The number of halogens is 2. The topological polar surface area (TPSA) is 29.9 Å². The number of imidazole rings is 1. The van der Waals surface area contributed by atoms with Crippen molar-refractivity contribution in [1.29, 1.82) is 0 Å². The molecule has 1 aromatic carbocycles. The average molecular weight is 312 g/mol. The Bertz CT molecular complexity index is 551. The lowest BCUT2D eigenvalue weighted by atomic mass is 10.3. The van der Waals surface area contributed by atoms with Crippen molar-refractivity contribution in [2.45, 2.75) is 20.3 Å². The van der Waals surface area contributed by atoms with Crippen LogP contribution >= 0.6 is 15.9 Å². The molecule has 96 valence electrons. The Morgan fingerprint density at radius 3 is 2.94 bits per heavy atom. The number of hydrogen-bond donors (Lipinski definition) is 1. The minimum absolute atomic E-state index is 0.268. The van der Waals surface area contributed by atoms with E-state index in [0.29, 0.717) is 11.6 Å². The molecular formula is C13H15BrFN3. The molecule has 1 heterocycles. The van der Waals surface area contributed by atoms with Gasteiger partial charge in [-0.1, -0.05) is 22.9 Å². The van der Waals surface area contributed by atoms with Gasteiger partial charge in [-0.2, -0.15) is 0 Å². The van der Waals surface area contributed by atoms with Crippen LogP contribution in [0.3, 0.4) is 0 Å². The Kier molecular flexibility index (Phi) is 4.01. The largest absolute Gasteiger partial charge is 0.355 e. The summed E-state index contributed by atoms with van der Waals surface area (Å²) in [6.07, 6.45) is 2.82. The first-order chi connectivity index (χ1) is 8.61. The van der Waals surface area contributed by atoms with E-state index in [4.69, 9.17) is 0 Å². The van der Waals surface area contributed by atoms with Gasteiger partial charge in [0.25, 0.3) is 0 Å². The van der Waals surface area contributed by atoms with Crippen molar-refractivity contribution in [2.75, 3.05) is 11.9 Å². The van der Waals surface area contributed by atoms with E-state index in [2.05, 4.69) is 33.2 Å². The number of aryl methyl sites for hydroxylation is 1. The summed E-state index contributed by atoms with van der Waals surface area (Å²) in [5.74, 6) is 0.404. The second kappa shape index (κ2) is 5.52. The molecule has 0 amide bonds. The Labute approximate surface area is 114 Å². The van der Waals surface area contributed by atoms with E-state index in [0.717, 1.165) is 23.1 Å². The third-order valence-corrected chi connectivity index (χ3v) is 3.02. The molecule has 0 unspecified atom stereocenters. The van der Waals surface area contributed by atoms with E-state index < -0.39 is 0 Å². The van der Waals surface area contributed by atoms with Crippen LogP contribution in [0.4, 0.5) is 10.3 Å². The number of nitrogens with zero attached hydrogens (tertiary/aromatic N) is 2. The zero-order valence-electron chi connectivity index (χ0n) is 10.4. The third kappa shape index (κ3) is 2.72. The first-order valence-corrected chi connectivity index (χ1v) is 6.66. The molecular weight excluding hydrogens is 297 g/mol. The molecule has 0 aliphatic rings. The van der Waals surface area contributed by atoms with Crippen molar-refractivity contribution >= 4 is 21.9 Å². The van der Waals surface area contributed by atoms with Crippen molar-refractivity contribution in [3.63, 3.8) is 0 Å². The predicted molar refractivity (Wildman–Crippen MR) is 74.7 cm³/mol. The molecule has 5 heteroatoms. The summed E-state index contributed by atoms with van der Waals surface area (Å²) in [5.41, 5.74) is 1.34. The molecule has 0 saturated carbocycles. The van der Waals surface area contributed by atoms with Crippen LogP contribution in [-0.4, -0.2) is 16.1 Å². The number of rotatable bonds is 4. The normalized spacial score (nSPS) is 10.7. The van der Waals surface area contributed by atoms with Crippen LogP contribution < -0.4 is 5.32 Å². The van der Waals surface area contributed by atoms with Gasteiger partial charge in [0.05, 0.1) is 11.4 Å². The van der Waals surface area contributed by atoms with Crippen LogP contribution in [0.15, 0.2) is 28.9 Å². The Hall–Kier alpha value is -1.36. The summed E-state index contributed by atoms with van der Waals surface area (Å²) in [6.45, 7) is 4.78. The van der Waals surface area contributed by atoms with E-state index in [1.807, 2.05) is 13.1 Å². The maximum Gasteiger partial charge on any atom is 0.207 e. The Morgan fingerprint density at radius 1 is 1.44 bits per heavy atom. The molecule has 1 aromatic heterocycles. The van der Waals surface area contributed by atoms with Crippen LogP contribution in [0.25, 0.3) is 5.69 Å². The summed E-state index contributed by atoms with van der Waals surface area (Å²) in [7, 11) is 0. The molecule has 0 bridgehead atoms. The lowest BCUT2D eigenvalue weighted by Gasteiger charge is -2.10. The molecule has 0 aliphatic carbocycles. The van der Waals surface area contributed by atoms with Crippen molar-refractivity contribution in [2.24, 2.45) is 0 Å². The quantitative estimate of drug-likeness (QED) is 0.928. The van der Waals surface area contributed by atoms with Crippen molar-refractivity contribution in [3.05, 3.63) is 40.4 Å². The lowest BCUT2D eigenvalue weighted by molar-refractivity contribution is 0.618. The Balaban J connectivity index is 2.45. The molecule has 0 spiro atoms. The highest BCUT2D eigenvalue weighted by atomic mass is 79.9. The van der Waals surface area contributed by atoms with Crippen LogP contribution in [0.1, 0.15) is 19.0 Å². The maximum atomic E-state index is 13.9. The molecule has 3 nitrogen and oxygen atoms in total. The van der Waals surface area contributed by atoms with Gasteiger partial charge in [0.15, 0.2) is 0 Å². The average Bonchev–Trinajstić information content (AvgIpc) is 2.71. The zero-order valence-corrected chi connectivity index (χ0v) is 12.0. The number of aromatic nitrogens is 2. The Morgan fingerprint density at radius 2 is 2.22 bits per heavy atom. The lowest BCUT2D eigenvalue weighted by Crippen LogP contribution is -2.07. The number of benzene rings is 1. The van der Waals surface area contributed by atoms with Crippen LogP contribution in [-0.2, 0) is 0 Å². The molecule has 0 saturated heterocycles. The number of hydrogen-bond acceptors (Lipinski definition) is 2. The van der Waals surface area contributed by atoms with E-state index in [9.17, 15) is 4.39 Å². The van der Waals surface area contributed by atoms with Gasteiger partial charge in [0.2, 0.25) is 5.95 Å². The molecule has 0 aliphatic heterocycles. The van der Waals surface area contributed by atoms with Gasteiger partial charge in [-0.3, -0.25) is 4.57 Å². The number of nitrogens with one attached hydrogen (secondary N) is 1. The fourth-order valence-electron chi connectivity index (χ4n) is 1.71. The predicted octanol–water partition coefficient (Wildman–Crippen LogP) is 3.90. The molecule has 0 radical (unpaired) electrons. The fraction of sp³-hybridized carbons (Fsp3) is 0.308. The van der Waals surface area contributed by atoms with Gasteiger partial charge in [-0.05, 0) is 31.5 Å². The summed E-state index contributed by atoms with van der Waals surface area (Å²) >= 11 is 3.36. The second-order valence-electron chi connectivity index (χ2n) is 4.10. The minimum Gasteiger partial charge on any atom is -0.355 e. The van der Waals surface area contributed by atoms with Crippen LogP contribution in [0.5, 0.6) is 0 Å². The molecule has 2 rings (SSSR count). The summed E-state index contributed by atoms with van der Waals surface area (Å²) in [6, 6.07) is 4.87. The highest BCUT2D eigenvalue weighted by Crippen LogP contribution is 2.23. The van der Waals surface area contributed by atoms with E-state index in [1.54, 1.807) is 16.7 Å². The van der Waals surface area contributed by atoms with E-state index in [1.165, 1.54) is 6.07 Å². The standard InChI is InChI=1S/C13H15BrFN3/c1-3-6-16-13-17-9(2)8-18(13)12-7-10(14)4-5-11(12)15/h4-5,7-8H,3,6H2,1-2H3,(H,16,17). The zero-order chi connectivity index (χ0) is 13.1. The fourth-order valence-corrected chi connectivity index (χ4v) is 2.06. The first-order valence-electron chi connectivity index (χ1n) is 5.87. The van der Waals surface area contributed by atoms with Gasteiger partial charge in [-0.25, -0.2) is 9.37 Å². The SMILES string of the molecule is CCCNc1nc(C)cn1-c1cc(Br)ccc1F. The molecule has 1 N–H and O–H groups in total. The van der Waals surface area contributed by atoms with Gasteiger partial charge in [0.1, 0.15) is 5.82 Å². The van der Waals surface area contributed by atoms with Crippen LogP contribution in [0.2, 0.25) is 0 Å². The van der Waals surface area contributed by atoms with Gasteiger partial charge < -0.3 is 5.32 Å². The molecule has 2 aromatic rings. The number of anilines is 1. The van der Waals surface area contributed by atoms with Crippen LogP contribution in [0, 0.1) is 12.7 Å². The van der Waals surface area contributed by atoms with Crippen molar-refractivity contribution < 1.29 is 4.39 Å². The summed E-state index contributed by atoms with van der Waals surface area (Å²) in [5, 5.41) is 3.20. The van der Waals surface area contributed by atoms with Gasteiger partial charge >= 0.3 is 0 Å². The highest BCUT2D eigenvalue weighted by molar-refractivity contribution is 9.10. The highest BCUT2D eigenvalue weighted by Gasteiger charge is 2.11. The monoisotopic (exact) mass is 311 g/mol. The van der Waals surface area contributed by atoms with Gasteiger partial charge in [0, 0.05) is 17.2 Å². The van der Waals surface area contributed by atoms with Crippen molar-refractivity contribution in [3.8, 4) is 5.69 Å². The summed E-state index contributed by atoms with van der Waals surface area (Å²) in [4.78, 5) is 4.37. The second-order valence-corrected chi connectivity index (χ2v) is 5.01. The van der Waals surface area contributed by atoms with E-state index in [-0.39, 0.29) is 5.82 Å². The first kappa shape index (κ1) is 13.1. The third-order valence-electron chi connectivity index (χ3n) is 2.53. The summed E-state index contributed by atoms with van der Waals surface area (Å²) < 4.78 is 16.5. The van der Waals surface area contributed by atoms with Gasteiger partial charge in [-0.15, -0.1) is 0 Å². The van der Waals surface area contributed by atoms with E-state index >= 15 is 0 Å². The maximum absolute atomic E-state index is 13.9.